The van der Waals surface area contributed by atoms with E-state index in [0.717, 1.165) is 0 Å². The second-order valence-corrected chi connectivity index (χ2v) is 24.2. The lowest BCUT2D eigenvalue weighted by Crippen LogP contribution is -2.40. The third-order valence-corrected chi connectivity index (χ3v) is 7.06. The molecule has 0 aromatic carbocycles. The van der Waals surface area contributed by atoms with Gasteiger partial charge in [0.1, 0.15) is 17.4 Å². The van der Waals surface area contributed by atoms with E-state index in [1.54, 1.807) is 6.20 Å². The monoisotopic (exact) mass is 478 g/mol. The van der Waals surface area contributed by atoms with Crippen LogP contribution in [0.2, 0.25) is 63.9 Å². The normalized spacial score (nSPS) is 23.4. The number of halogens is 1. The first-order valence-electron chi connectivity index (χ1n) is 9.99. The lowest BCUT2D eigenvalue weighted by atomic mass is 10.2. The zero-order valence-electron chi connectivity index (χ0n) is 19.0. The van der Waals surface area contributed by atoms with Crippen LogP contribution in [0.1, 0.15) is 12.6 Å². The fraction of sp³-hybridized carbons (Fsp3) is 0.778. The van der Waals surface area contributed by atoms with E-state index in [9.17, 15) is 4.79 Å². The summed E-state index contributed by atoms with van der Waals surface area (Å²) in [7, 11) is -5.43. The van der Waals surface area contributed by atoms with Crippen molar-refractivity contribution in [3.8, 4) is 5.88 Å². The fourth-order valence-corrected chi connectivity index (χ4v) is 5.74. The second-order valence-electron chi connectivity index (χ2n) is 10.4. The minimum atomic E-state index is -1.93. The highest BCUT2D eigenvalue weighted by Gasteiger charge is 2.40. The smallest absolute Gasteiger partial charge is 0.353 e. The molecule has 11 heteroatoms. The van der Waals surface area contributed by atoms with Gasteiger partial charge in [0.25, 0.3) is 0 Å². The van der Waals surface area contributed by atoms with E-state index < -0.39 is 36.9 Å². The molecule has 0 spiro atoms. The van der Waals surface area contributed by atoms with Gasteiger partial charge in [0.15, 0.2) is 16.6 Å². The molecule has 1 aliphatic heterocycles. The van der Waals surface area contributed by atoms with Crippen molar-refractivity contribution in [2.24, 2.45) is 0 Å². The first kappa shape index (κ1) is 24.8. The molecule has 0 radical (unpaired) electrons. The summed E-state index contributed by atoms with van der Waals surface area (Å²) in [4.78, 5) is 16.7. The summed E-state index contributed by atoms with van der Waals surface area (Å²) in [6.45, 7) is 19.3. The minimum Gasteiger partial charge on any atom is -0.530 e. The van der Waals surface area contributed by atoms with Crippen molar-refractivity contribution in [2.45, 2.75) is 83.8 Å². The largest absolute Gasteiger partial charge is 0.530 e. The third kappa shape index (κ3) is 7.93. The van der Waals surface area contributed by atoms with Gasteiger partial charge in [-0.25, -0.2) is 4.79 Å². The molecule has 29 heavy (non-hydrogen) atoms. The van der Waals surface area contributed by atoms with Gasteiger partial charge in [-0.1, -0.05) is 11.6 Å². The molecule has 3 unspecified atom stereocenters. The van der Waals surface area contributed by atoms with Gasteiger partial charge in [-0.3, -0.25) is 4.57 Å². The summed E-state index contributed by atoms with van der Waals surface area (Å²) >= 11 is 6.36. The van der Waals surface area contributed by atoms with Gasteiger partial charge in [-0.2, -0.15) is 4.98 Å². The first-order chi connectivity index (χ1) is 13.0. The molecule has 2 heterocycles. The number of aromatic nitrogens is 2. The Kier molecular flexibility index (Phi) is 7.63. The van der Waals surface area contributed by atoms with Crippen LogP contribution in [0.5, 0.6) is 5.88 Å². The number of ether oxygens (including phenoxy) is 1. The Balaban J connectivity index is 2.25. The second kappa shape index (κ2) is 8.93. The molecule has 0 aliphatic carbocycles. The standard InChI is InChI=1S/C18H35ClN2O5Si3/c1-27(2,3)23-12-15-14(25-28(4,5)6)10-16(24-15)21-11-13(19)17(20-18(21)22)26-29(7,8)9/h11,14-16H,10,12H2,1-9H3. The lowest BCUT2D eigenvalue weighted by Gasteiger charge is -2.28. The molecule has 1 aromatic heterocycles. The van der Waals surface area contributed by atoms with Gasteiger partial charge in [-0.05, 0) is 58.9 Å². The zero-order chi connectivity index (χ0) is 22.2. The van der Waals surface area contributed by atoms with E-state index in [-0.39, 0.29) is 18.1 Å². The van der Waals surface area contributed by atoms with Crippen molar-refractivity contribution in [1.82, 2.24) is 9.55 Å². The Labute approximate surface area is 182 Å². The van der Waals surface area contributed by atoms with Gasteiger partial charge < -0.3 is 18.0 Å². The van der Waals surface area contributed by atoms with Crippen LogP contribution in [-0.4, -0.2) is 53.3 Å². The lowest BCUT2D eigenvalue weighted by molar-refractivity contribution is -0.0396. The quantitative estimate of drug-likeness (QED) is 0.513. The van der Waals surface area contributed by atoms with Crippen LogP contribution in [0.4, 0.5) is 0 Å². The van der Waals surface area contributed by atoms with E-state index in [1.165, 1.54) is 4.57 Å². The summed E-state index contributed by atoms with van der Waals surface area (Å²) in [6, 6.07) is 0. The van der Waals surface area contributed by atoms with Crippen LogP contribution >= 0.6 is 11.6 Å². The zero-order valence-corrected chi connectivity index (χ0v) is 22.8. The predicted molar refractivity (Wildman–Crippen MR) is 124 cm³/mol. The van der Waals surface area contributed by atoms with E-state index in [2.05, 4.69) is 44.3 Å². The van der Waals surface area contributed by atoms with Gasteiger partial charge >= 0.3 is 5.69 Å². The highest BCUT2D eigenvalue weighted by Crippen LogP contribution is 2.33. The Morgan fingerprint density at radius 1 is 1.10 bits per heavy atom. The molecule has 1 saturated heterocycles. The Morgan fingerprint density at radius 3 is 2.24 bits per heavy atom. The minimum absolute atomic E-state index is 0.133. The SMILES string of the molecule is C[Si](C)(C)OCC1OC(n2cc(Cl)c(O[Si](C)(C)C)nc2=O)CC1O[Si](C)(C)C. The molecular weight excluding hydrogens is 444 g/mol. The number of hydrogen-bond acceptors (Lipinski definition) is 6. The molecule has 0 amide bonds. The highest BCUT2D eigenvalue weighted by molar-refractivity contribution is 6.70. The third-order valence-electron chi connectivity index (χ3n) is 3.95. The Bertz CT molecular complexity index is 771. The molecule has 0 N–H and O–H groups in total. The van der Waals surface area contributed by atoms with Crippen LogP contribution in [-0.2, 0) is 13.6 Å². The fourth-order valence-electron chi connectivity index (χ4n) is 2.93. The molecule has 3 atom stereocenters. The van der Waals surface area contributed by atoms with Crippen LogP contribution in [0, 0.1) is 0 Å². The topological polar surface area (TPSA) is 71.8 Å². The van der Waals surface area contributed by atoms with Crippen molar-refractivity contribution < 1.29 is 18.0 Å². The number of rotatable bonds is 8. The maximum absolute atomic E-state index is 12.7. The predicted octanol–water partition coefficient (Wildman–Crippen LogP) is 4.47. The molecule has 166 valence electrons. The Morgan fingerprint density at radius 2 is 1.72 bits per heavy atom. The maximum atomic E-state index is 12.7. The van der Waals surface area contributed by atoms with Crippen molar-refractivity contribution >= 4 is 36.6 Å². The van der Waals surface area contributed by atoms with E-state index in [0.29, 0.717) is 18.1 Å². The molecule has 1 aliphatic rings. The van der Waals surface area contributed by atoms with Crippen molar-refractivity contribution in [3.63, 3.8) is 0 Å². The van der Waals surface area contributed by atoms with Crippen molar-refractivity contribution in [1.29, 1.82) is 0 Å². The average molecular weight is 479 g/mol. The average Bonchev–Trinajstić information content (AvgIpc) is 2.87. The summed E-state index contributed by atoms with van der Waals surface area (Å²) in [5, 5.41) is 0.306. The van der Waals surface area contributed by atoms with Crippen LogP contribution in [0.3, 0.4) is 0 Å². The number of hydrogen-bond donors (Lipinski definition) is 0. The first-order valence-corrected chi connectivity index (χ1v) is 20.6. The van der Waals surface area contributed by atoms with Crippen LogP contribution in [0.15, 0.2) is 11.0 Å². The summed E-state index contributed by atoms with van der Waals surface area (Å²) in [5.41, 5.74) is -0.439. The molecular formula is C18H35ClN2O5Si3. The molecule has 2 rings (SSSR count). The summed E-state index contributed by atoms with van der Waals surface area (Å²) in [5.74, 6) is 0.193. The molecule has 1 fully saturated rings. The summed E-state index contributed by atoms with van der Waals surface area (Å²) < 4.78 is 25.9. The van der Waals surface area contributed by atoms with E-state index in [4.69, 9.17) is 29.6 Å². The Hall–Kier alpha value is -0.499. The molecule has 0 saturated carbocycles. The van der Waals surface area contributed by atoms with Gasteiger partial charge in [0, 0.05) is 12.6 Å². The highest BCUT2D eigenvalue weighted by atomic mass is 35.5. The van der Waals surface area contributed by atoms with Crippen LogP contribution in [0.25, 0.3) is 0 Å². The molecule has 0 bridgehead atoms. The van der Waals surface area contributed by atoms with Gasteiger partial charge in [0.2, 0.25) is 14.2 Å². The molecule has 1 aromatic rings. The van der Waals surface area contributed by atoms with Crippen molar-refractivity contribution in [2.75, 3.05) is 6.61 Å². The van der Waals surface area contributed by atoms with Gasteiger partial charge in [-0.15, -0.1) is 0 Å². The van der Waals surface area contributed by atoms with Crippen LogP contribution < -0.4 is 10.1 Å². The molecule has 7 nitrogen and oxygen atoms in total. The summed E-state index contributed by atoms with van der Waals surface area (Å²) in [6.07, 6.45) is 1.25. The number of nitrogens with zero attached hydrogens (tertiary/aromatic N) is 2. The maximum Gasteiger partial charge on any atom is 0.353 e. The van der Waals surface area contributed by atoms with E-state index in [1.807, 2.05) is 19.6 Å². The van der Waals surface area contributed by atoms with E-state index >= 15 is 0 Å². The van der Waals surface area contributed by atoms with Crippen molar-refractivity contribution in [3.05, 3.63) is 21.7 Å². The van der Waals surface area contributed by atoms with Gasteiger partial charge in [0.05, 0.1) is 12.7 Å².